The van der Waals surface area contributed by atoms with Crippen molar-refractivity contribution in [2.24, 2.45) is 0 Å². The summed E-state index contributed by atoms with van der Waals surface area (Å²) >= 11 is 0. The summed E-state index contributed by atoms with van der Waals surface area (Å²) in [7, 11) is 0. The lowest BCUT2D eigenvalue weighted by Crippen LogP contribution is -2.15. The average molecular weight is 280 g/mol. The van der Waals surface area contributed by atoms with Crippen LogP contribution in [0, 0.1) is 18.6 Å². The Balaban J connectivity index is 2.02. The van der Waals surface area contributed by atoms with Crippen LogP contribution in [-0.4, -0.2) is 11.1 Å². The average Bonchev–Trinajstić information content (AvgIpc) is 2.74. The lowest BCUT2D eigenvalue weighted by Gasteiger charge is -2.12. The molecule has 1 aromatic heterocycles. The normalized spacial score (nSPS) is 12.2. The maximum absolute atomic E-state index is 13.6. The van der Waals surface area contributed by atoms with Crippen molar-refractivity contribution in [2.75, 3.05) is 5.32 Å². The van der Waals surface area contributed by atoms with Gasteiger partial charge in [0.25, 0.3) is 0 Å². The first kappa shape index (κ1) is 14.2. The highest BCUT2D eigenvalue weighted by atomic mass is 19.1. The standard InChI is InChI=1S/C14H14F2N2O2/c1-8(11-4-3-10(15)6-12(11)16)5-14(19)18-13-7-17-20-9(13)2/h3-4,6-8H,5H2,1-2H3,(H,18,19). The molecule has 20 heavy (non-hydrogen) atoms. The van der Waals surface area contributed by atoms with Crippen molar-refractivity contribution in [2.45, 2.75) is 26.2 Å². The Bertz CT molecular complexity index is 625. The Morgan fingerprint density at radius 3 is 2.80 bits per heavy atom. The number of nitrogens with zero attached hydrogens (tertiary/aromatic N) is 1. The molecule has 0 aliphatic heterocycles. The largest absolute Gasteiger partial charge is 0.359 e. The zero-order valence-corrected chi connectivity index (χ0v) is 11.1. The number of nitrogens with one attached hydrogen (secondary N) is 1. The zero-order valence-electron chi connectivity index (χ0n) is 11.1. The summed E-state index contributed by atoms with van der Waals surface area (Å²) in [5.41, 5.74) is 0.797. The van der Waals surface area contributed by atoms with Crippen molar-refractivity contribution in [3.63, 3.8) is 0 Å². The number of halogens is 2. The summed E-state index contributed by atoms with van der Waals surface area (Å²) in [5.74, 6) is -1.43. The smallest absolute Gasteiger partial charge is 0.225 e. The van der Waals surface area contributed by atoms with Gasteiger partial charge in [-0.2, -0.15) is 0 Å². The van der Waals surface area contributed by atoms with Gasteiger partial charge < -0.3 is 9.84 Å². The Morgan fingerprint density at radius 2 is 2.20 bits per heavy atom. The van der Waals surface area contributed by atoms with Crippen LogP contribution in [0.5, 0.6) is 0 Å². The molecule has 0 radical (unpaired) electrons. The van der Waals surface area contributed by atoms with Crippen molar-refractivity contribution in [1.82, 2.24) is 5.16 Å². The number of hydrogen-bond donors (Lipinski definition) is 1. The third-order valence-electron chi connectivity index (χ3n) is 3.01. The van der Waals surface area contributed by atoms with E-state index in [-0.39, 0.29) is 18.2 Å². The van der Waals surface area contributed by atoms with Crippen LogP contribution < -0.4 is 5.32 Å². The van der Waals surface area contributed by atoms with Crippen LogP contribution in [0.2, 0.25) is 0 Å². The van der Waals surface area contributed by atoms with E-state index in [2.05, 4.69) is 10.5 Å². The topological polar surface area (TPSA) is 55.1 Å². The maximum Gasteiger partial charge on any atom is 0.225 e. The predicted molar refractivity (Wildman–Crippen MR) is 69.3 cm³/mol. The molecule has 1 aromatic carbocycles. The minimum Gasteiger partial charge on any atom is -0.359 e. The molecule has 1 N–H and O–H groups in total. The molecular weight excluding hydrogens is 266 g/mol. The zero-order chi connectivity index (χ0) is 14.7. The van der Waals surface area contributed by atoms with E-state index in [9.17, 15) is 13.6 Å². The molecule has 4 nitrogen and oxygen atoms in total. The first-order chi connectivity index (χ1) is 9.47. The second-order valence-corrected chi connectivity index (χ2v) is 4.61. The molecule has 0 fully saturated rings. The maximum atomic E-state index is 13.6. The molecule has 1 amide bonds. The number of carbonyl (C=O) groups is 1. The van der Waals surface area contributed by atoms with Crippen LogP contribution in [0.3, 0.4) is 0 Å². The van der Waals surface area contributed by atoms with Gasteiger partial charge in [-0.15, -0.1) is 0 Å². The Morgan fingerprint density at radius 1 is 1.45 bits per heavy atom. The van der Waals surface area contributed by atoms with Gasteiger partial charge in [-0.05, 0) is 24.5 Å². The fourth-order valence-electron chi connectivity index (χ4n) is 1.91. The third kappa shape index (κ3) is 3.20. The van der Waals surface area contributed by atoms with Crippen LogP contribution in [0.4, 0.5) is 14.5 Å². The number of carbonyl (C=O) groups excluding carboxylic acids is 1. The minimum atomic E-state index is -0.647. The lowest BCUT2D eigenvalue weighted by atomic mass is 9.97. The molecule has 0 aliphatic carbocycles. The van der Waals surface area contributed by atoms with Crippen molar-refractivity contribution in [1.29, 1.82) is 0 Å². The van der Waals surface area contributed by atoms with Gasteiger partial charge in [0.1, 0.15) is 17.3 Å². The van der Waals surface area contributed by atoms with E-state index < -0.39 is 11.6 Å². The Hall–Kier alpha value is -2.24. The van der Waals surface area contributed by atoms with Gasteiger partial charge in [0.05, 0.1) is 6.20 Å². The molecule has 0 bridgehead atoms. The molecule has 6 heteroatoms. The summed E-state index contributed by atoms with van der Waals surface area (Å²) in [6, 6.07) is 3.35. The lowest BCUT2D eigenvalue weighted by molar-refractivity contribution is -0.116. The molecule has 2 rings (SSSR count). The number of aromatic nitrogens is 1. The summed E-state index contributed by atoms with van der Waals surface area (Å²) in [5, 5.41) is 6.17. The van der Waals surface area contributed by atoms with Crippen molar-refractivity contribution < 1.29 is 18.1 Å². The number of hydrogen-bond acceptors (Lipinski definition) is 3. The van der Waals surface area contributed by atoms with Crippen molar-refractivity contribution in [3.05, 3.63) is 47.4 Å². The van der Waals surface area contributed by atoms with Crippen LogP contribution in [0.25, 0.3) is 0 Å². The highest BCUT2D eigenvalue weighted by molar-refractivity contribution is 5.91. The van der Waals surface area contributed by atoms with E-state index in [0.29, 0.717) is 17.0 Å². The number of aryl methyl sites for hydroxylation is 1. The molecule has 1 heterocycles. The molecule has 1 unspecified atom stereocenters. The molecule has 106 valence electrons. The van der Waals surface area contributed by atoms with Gasteiger partial charge >= 0.3 is 0 Å². The summed E-state index contributed by atoms with van der Waals surface area (Å²) in [6.45, 7) is 3.38. The van der Waals surface area contributed by atoms with Gasteiger partial charge in [0, 0.05) is 12.5 Å². The predicted octanol–water partition coefficient (Wildman–Crippen LogP) is 3.39. The van der Waals surface area contributed by atoms with Gasteiger partial charge in [-0.25, -0.2) is 8.78 Å². The van der Waals surface area contributed by atoms with E-state index in [0.717, 1.165) is 6.07 Å². The number of rotatable bonds is 4. The summed E-state index contributed by atoms with van der Waals surface area (Å²) in [6.07, 6.45) is 1.48. The highest BCUT2D eigenvalue weighted by Gasteiger charge is 2.16. The SMILES string of the molecule is Cc1oncc1NC(=O)CC(C)c1ccc(F)cc1F. The van der Waals surface area contributed by atoms with Crippen LogP contribution in [-0.2, 0) is 4.79 Å². The van der Waals surface area contributed by atoms with Crippen molar-refractivity contribution in [3.8, 4) is 0 Å². The number of anilines is 1. The molecule has 0 saturated heterocycles. The van der Waals surface area contributed by atoms with E-state index in [1.54, 1.807) is 13.8 Å². The van der Waals surface area contributed by atoms with Gasteiger partial charge in [0.2, 0.25) is 5.91 Å². The Labute approximate surface area is 114 Å². The summed E-state index contributed by atoms with van der Waals surface area (Å²) in [4.78, 5) is 11.8. The second-order valence-electron chi connectivity index (χ2n) is 4.61. The Kier molecular flexibility index (Phi) is 4.12. The van der Waals surface area contributed by atoms with Gasteiger partial charge in [-0.1, -0.05) is 18.1 Å². The molecule has 0 saturated carbocycles. The quantitative estimate of drug-likeness (QED) is 0.934. The van der Waals surface area contributed by atoms with Gasteiger partial charge in [0.15, 0.2) is 5.76 Å². The molecular formula is C14H14F2N2O2. The van der Waals surface area contributed by atoms with Crippen LogP contribution >= 0.6 is 0 Å². The van der Waals surface area contributed by atoms with E-state index in [1.807, 2.05) is 0 Å². The molecule has 0 aliphatic rings. The first-order valence-corrected chi connectivity index (χ1v) is 6.13. The minimum absolute atomic E-state index is 0.0766. The number of benzene rings is 1. The van der Waals surface area contributed by atoms with E-state index >= 15 is 0 Å². The molecule has 0 spiro atoms. The van der Waals surface area contributed by atoms with E-state index in [1.165, 1.54) is 18.3 Å². The van der Waals surface area contributed by atoms with Crippen molar-refractivity contribution >= 4 is 11.6 Å². The highest BCUT2D eigenvalue weighted by Crippen LogP contribution is 2.23. The fraction of sp³-hybridized carbons (Fsp3) is 0.286. The summed E-state index contributed by atoms with van der Waals surface area (Å²) < 4.78 is 31.3. The molecule has 2 aromatic rings. The van der Waals surface area contributed by atoms with Gasteiger partial charge in [-0.3, -0.25) is 4.79 Å². The first-order valence-electron chi connectivity index (χ1n) is 6.13. The monoisotopic (exact) mass is 280 g/mol. The van der Waals surface area contributed by atoms with Crippen LogP contribution in [0.1, 0.15) is 30.6 Å². The molecule has 1 atom stereocenters. The number of amides is 1. The fourth-order valence-corrected chi connectivity index (χ4v) is 1.91. The van der Waals surface area contributed by atoms with E-state index in [4.69, 9.17) is 4.52 Å². The third-order valence-corrected chi connectivity index (χ3v) is 3.01. The second kappa shape index (κ2) is 5.81. The van der Waals surface area contributed by atoms with Crippen LogP contribution in [0.15, 0.2) is 28.9 Å².